The number of anilines is 3. The Labute approximate surface area is 247 Å². The summed E-state index contributed by atoms with van der Waals surface area (Å²) < 4.78 is 6.86. The molecule has 0 unspecified atom stereocenters. The highest BCUT2D eigenvalue weighted by Gasteiger charge is 2.29. The van der Waals surface area contributed by atoms with Crippen LogP contribution in [0.25, 0.3) is 22.4 Å². The smallest absolute Gasteiger partial charge is 0.408 e. The molecule has 3 heterocycles. The molecule has 2 amide bonds. The zero-order valence-electron chi connectivity index (χ0n) is 23.6. The van der Waals surface area contributed by atoms with Gasteiger partial charge in [-0.1, -0.05) is 23.7 Å². The highest BCUT2D eigenvalue weighted by atomic mass is 35.5. The summed E-state index contributed by atoms with van der Waals surface area (Å²) in [5.74, 6) is -0.723. The van der Waals surface area contributed by atoms with Crippen LogP contribution in [0.15, 0.2) is 69.9 Å². The molecular weight excluding hydrogens is 556 g/mol. The number of hydrogen-bond acceptors (Lipinski definition) is 7. The van der Waals surface area contributed by atoms with Gasteiger partial charge < -0.3 is 24.9 Å². The van der Waals surface area contributed by atoms with Crippen molar-refractivity contribution in [2.24, 2.45) is 7.05 Å². The first-order valence-electron chi connectivity index (χ1n) is 13.7. The molecule has 2 N–H and O–H groups in total. The van der Waals surface area contributed by atoms with Gasteiger partial charge in [0.25, 0.3) is 5.91 Å². The number of aromatic nitrogens is 1. The second-order valence-corrected chi connectivity index (χ2v) is 11.1. The summed E-state index contributed by atoms with van der Waals surface area (Å²) in [6.07, 6.45) is 0. The predicted molar refractivity (Wildman–Crippen MR) is 166 cm³/mol. The lowest BCUT2D eigenvalue weighted by Crippen LogP contribution is -2.48. The van der Waals surface area contributed by atoms with E-state index >= 15 is 0 Å². The van der Waals surface area contributed by atoms with E-state index in [4.69, 9.17) is 16.0 Å². The van der Waals surface area contributed by atoms with Crippen LogP contribution in [0.1, 0.15) is 11.1 Å². The number of carbonyl (C=O) groups excluding carboxylic acids is 2. The molecule has 1 saturated heterocycles. The third kappa shape index (κ3) is 5.32. The molecule has 216 valence electrons. The predicted octanol–water partition coefficient (Wildman–Crippen LogP) is 3.93. The number of likely N-dealkylation sites (N-methyl/N-ethyl adjacent to an activating group) is 2. The molecule has 42 heavy (non-hydrogen) atoms. The van der Waals surface area contributed by atoms with Crippen LogP contribution in [0.2, 0.25) is 5.02 Å². The maximum Gasteiger partial charge on any atom is 0.419 e. The van der Waals surface area contributed by atoms with E-state index in [0.717, 1.165) is 31.9 Å². The van der Waals surface area contributed by atoms with Gasteiger partial charge in [0.15, 0.2) is 5.58 Å². The molecule has 2 aliphatic rings. The molecule has 0 spiro atoms. The topological polar surface area (TPSA) is 103 Å². The first kappa shape index (κ1) is 27.8. The molecule has 2 aliphatic heterocycles. The van der Waals surface area contributed by atoms with Crippen LogP contribution in [-0.4, -0.2) is 73.0 Å². The standard InChI is InChI=1S/C31H31ClN6O4/c1-35-12-14-38(15-13-35)18-27(39)36(2)22-8-6-21(7-9-22)33-29(19-4-11-25-26(16-19)42-31(41)37(25)3)28-23-10-5-20(32)17-24(23)34-30(28)40/h4-11,16-17,33H,12-15,18H2,1-3H3,(H,34,40)/b29-28-. The summed E-state index contributed by atoms with van der Waals surface area (Å²) in [5, 5.41) is 6.83. The van der Waals surface area contributed by atoms with Crippen molar-refractivity contribution in [2.75, 3.05) is 62.4 Å². The van der Waals surface area contributed by atoms with E-state index in [1.54, 1.807) is 49.3 Å². The van der Waals surface area contributed by atoms with Crippen LogP contribution >= 0.6 is 11.6 Å². The van der Waals surface area contributed by atoms with Gasteiger partial charge in [-0.15, -0.1) is 0 Å². The summed E-state index contributed by atoms with van der Waals surface area (Å²) in [5.41, 5.74) is 5.48. The Balaban J connectivity index is 1.32. The van der Waals surface area contributed by atoms with Gasteiger partial charge in [-0.05, 0) is 55.6 Å². The molecule has 3 aromatic carbocycles. The van der Waals surface area contributed by atoms with Crippen molar-refractivity contribution in [3.8, 4) is 0 Å². The number of carbonyl (C=O) groups is 2. The Hall–Kier alpha value is -4.38. The van der Waals surface area contributed by atoms with Crippen molar-refractivity contribution in [1.82, 2.24) is 14.4 Å². The van der Waals surface area contributed by atoms with Crippen molar-refractivity contribution in [3.05, 3.63) is 87.4 Å². The van der Waals surface area contributed by atoms with Crippen molar-refractivity contribution in [1.29, 1.82) is 0 Å². The van der Waals surface area contributed by atoms with Gasteiger partial charge in [0, 0.05) is 67.8 Å². The first-order chi connectivity index (χ1) is 20.2. The Morgan fingerprint density at radius 3 is 2.48 bits per heavy atom. The molecule has 1 fully saturated rings. The molecule has 0 aliphatic carbocycles. The molecular formula is C31H31ClN6O4. The third-order valence-electron chi connectivity index (χ3n) is 7.91. The van der Waals surface area contributed by atoms with Crippen LogP contribution in [0.4, 0.5) is 17.1 Å². The number of hydrogen-bond donors (Lipinski definition) is 2. The Kier molecular flexibility index (Phi) is 7.36. The molecule has 1 aromatic heterocycles. The van der Waals surface area contributed by atoms with Gasteiger partial charge in [-0.3, -0.25) is 19.1 Å². The fourth-order valence-electron chi connectivity index (χ4n) is 5.32. The summed E-state index contributed by atoms with van der Waals surface area (Å²) in [4.78, 5) is 44.5. The minimum absolute atomic E-state index is 0.0265. The van der Waals surface area contributed by atoms with Crippen LogP contribution in [0.5, 0.6) is 0 Å². The van der Waals surface area contributed by atoms with Gasteiger partial charge in [0.1, 0.15) is 0 Å². The monoisotopic (exact) mass is 586 g/mol. The van der Waals surface area contributed by atoms with Crippen LogP contribution in [-0.2, 0) is 16.6 Å². The summed E-state index contributed by atoms with van der Waals surface area (Å²) in [6, 6.07) is 18.1. The van der Waals surface area contributed by atoms with E-state index in [1.807, 2.05) is 30.3 Å². The fraction of sp³-hybridized carbons (Fsp3) is 0.258. The van der Waals surface area contributed by atoms with Gasteiger partial charge >= 0.3 is 5.76 Å². The average molecular weight is 587 g/mol. The highest BCUT2D eigenvalue weighted by molar-refractivity contribution is 6.38. The summed E-state index contributed by atoms with van der Waals surface area (Å²) in [7, 11) is 5.51. The van der Waals surface area contributed by atoms with E-state index in [9.17, 15) is 14.4 Å². The number of nitrogens with zero attached hydrogens (tertiary/aromatic N) is 4. The first-order valence-corrected chi connectivity index (χ1v) is 14.1. The maximum absolute atomic E-state index is 13.3. The molecule has 10 nitrogen and oxygen atoms in total. The van der Waals surface area contributed by atoms with Gasteiger partial charge in [0.05, 0.1) is 29.0 Å². The van der Waals surface area contributed by atoms with E-state index in [0.29, 0.717) is 56.4 Å². The second-order valence-electron chi connectivity index (χ2n) is 10.7. The molecule has 0 atom stereocenters. The maximum atomic E-state index is 13.3. The average Bonchev–Trinajstić information content (AvgIpc) is 3.45. The summed E-state index contributed by atoms with van der Waals surface area (Å²) >= 11 is 6.19. The second kappa shape index (κ2) is 11.1. The summed E-state index contributed by atoms with van der Waals surface area (Å²) in [6.45, 7) is 4.02. The minimum Gasteiger partial charge on any atom is -0.408 e. The number of nitrogens with one attached hydrogen (secondary N) is 2. The van der Waals surface area contributed by atoms with Gasteiger partial charge in [-0.2, -0.15) is 0 Å². The van der Waals surface area contributed by atoms with E-state index in [1.165, 1.54) is 4.57 Å². The van der Waals surface area contributed by atoms with Gasteiger partial charge in [-0.25, -0.2) is 4.79 Å². The Morgan fingerprint density at radius 2 is 1.74 bits per heavy atom. The number of benzene rings is 3. The SMILES string of the molecule is CN1CCN(CC(=O)N(C)c2ccc(N/C(=C3\C(=O)Nc4cc(Cl)ccc43)c3ccc4c(c3)oc(=O)n4C)cc2)CC1. The van der Waals surface area contributed by atoms with Gasteiger partial charge in [0.2, 0.25) is 5.91 Å². The minimum atomic E-state index is -0.468. The number of aryl methyl sites for hydroxylation is 1. The van der Waals surface area contributed by atoms with Crippen molar-refractivity contribution < 1.29 is 14.0 Å². The number of oxazole rings is 1. The van der Waals surface area contributed by atoms with Crippen LogP contribution in [0, 0.1) is 0 Å². The molecule has 11 heteroatoms. The number of halogens is 1. The molecule has 0 radical (unpaired) electrons. The lowest BCUT2D eigenvalue weighted by Gasteiger charge is -2.32. The van der Waals surface area contributed by atoms with E-state index < -0.39 is 5.76 Å². The largest absolute Gasteiger partial charge is 0.419 e. The quantitative estimate of drug-likeness (QED) is 0.330. The number of piperazine rings is 1. The molecule has 0 saturated carbocycles. The lowest BCUT2D eigenvalue weighted by molar-refractivity contribution is -0.119. The lowest BCUT2D eigenvalue weighted by atomic mass is 9.99. The zero-order chi connectivity index (χ0) is 29.5. The third-order valence-corrected chi connectivity index (χ3v) is 8.15. The number of amides is 2. The van der Waals surface area contributed by atoms with Crippen molar-refractivity contribution in [2.45, 2.75) is 0 Å². The Morgan fingerprint density at radius 1 is 1.00 bits per heavy atom. The highest BCUT2D eigenvalue weighted by Crippen LogP contribution is 2.39. The van der Waals surface area contributed by atoms with Crippen molar-refractivity contribution >= 4 is 62.8 Å². The van der Waals surface area contributed by atoms with Crippen molar-refractivity contribution in [3.63, 3.8) is 0 Å². The number of fused-ring (bicyclic) bond motifs is 2. The van der Waals surface area contributed by atoms with Crippen LogP contribution < -0.4 is 21.3 Å². The fourth-order valence-corrected chi connectivity index (χ4v) is 5.49. The Bertz CT molecular complexity index is 1780. The number of rotatable bonds is 6. The van der Waals surface area contributed by atoms with E-state index in [2.05, 4.69) is 27.5 Å². The molecule has 6 rings (SSSR count). The van der Waals surface area contributed by atoms with Crippen LogP contribution in [0.3, 0.4) is 0 Å². The molecule has 0 bridgehead atoms. The molecule has 4 aromatic rings. The van der Waals surface area contributed by atoms with E-state index in [-0.39, 0.29) is 11.8 Å². The zero-order valence-corrected chi connectivity index (χ0v) is 24.4. The normalized spacial score (nSPS) is 16.8.